The van der Waals surface area contributed by atoms with E-state index in [9.17, 15) is 0 Å². The second kappa shape index (κ2) is 5.28. The molecule has 2 aliphatic rings. The van der Waals surface area contributed by atoms with Gasteiger partial charge in [0.25, 0.3) is 0 Å². The lowest BCUT2D eigenvalue weighted by Crippen LogP contribution is -2.36. The van der Waals surface area contributed by atoms with E-state index >= 15 is 0 Å². The normalized spacial score (nSPS) is 32.6. The maximum absolute atomic E-state index is 3.73. The third-order valence-electron chi connectivity index (χ3n) is 4.93. The molecule has 0 heterocycles. The predicted molar refractivity (Wildman–Crippen MR) is 81.1 cm³/mol. The van der Waals surface area contributed by atoms with Crippen LogP contribution in [0.1, 0.15) is 38.7 Å². The van der Waals surface area contributed by atoms with Gasteiger partial charge in [0.1, 0.15) is 0 Å². The van der Waals surface area contributed by atoms with Crippen LogP contribution >= 0.6 is 0 Å². The van der Waals surface area contributed by atoms with Crippen molar-refractivity contribution in [2.45, 2.75) is 39.5 Å². The maximum atomic E-state index is 3.73. The van der Waals surface area contributed by atoms with Crippen LogP contribution in [0.25, 0.3) is 0 Å². The van der Waals surface area contributed by atoms with E-state index in [-0.39, 0.29) is 0 Å². The number of hydrogen-bond acceptors (Lipinski definition) is 1. The SMILES string of the molecule is CC(C)CNCC1(Cc2ccccc2)CC2CC2C1. The van der Waals surface area contributed by atoms with E-state index in [2.05, 4.69) is 49.5 Å². The van der Waals surface area contributed by atoms with Crippen molar-refractivity contribution in [2.75, 3.05) is 13.1 Å². The summed E-state index contributed by atoms with van der Waals surface area (Å²) in [5, 5.41) is 3.73. The molecule has 1 nitrogen and oxygen atoms in total. The molecule has 1 N–H and O–H groups in total. The molecule has 2 atom stereocenters. The van der Waals surface area contributed by atoms with Crippen molar-refractivity contribution < 1.29 is 0 Å². The molecule has 0 saturated heterocycles. The Morgan fingerprint density at radius 1 is 1.16 bits per heavy atom. The third-order valence-corrected chi connectivity index (χ3v) is 4.93. The second-order valence-corrected chi connectivity index (χ2v) is 7.35. The number of rotatable bonds is 6. The predicted octanol–water partition coefficient (Wildman–Crippen LogP) is 3.89. The lowest BCUT2D eigenvalue weighted by atomic mass is 9.77. The van der Waals surface area contributed by atoms with Gasteiger partial charge in [-0.3, -0.25) is 0 Å². The minimum absolute atomic E-state index is 0.545. The lowest BCUT2D eigenvalue weighted by Gasteiger charge is -2.32. The number of hydrogen-bond donors (Lipinski definition) is 1. The third kappa shape index (κ3) is 3.20. The highest BCUT2D eigenvalue weighted by atomic mass is 14.9. The van der Waals surface area contributed by atoms with Crippen LogP contribution in [0.3, 0.4) is 0 Å². The molecule has 0 aromatic heterocycles. The van der Waals surface area contributed by atoms with Gasteiger partial charge in [-0.15, -0.1) is 0 Å². The first-order valence-electron chi connectivity index (χ1n) is 7.91. The van der Waals surface area contributed by atoms with Crippen molar-refractivity contribution in [2.24, 2.45) is 23.2 Å². The van der Waals surface area contributed by atoms with Gasteiger partial charge in [0, 0.05) is 6.54 Å². The van der Waals surface area contributed by atoms with E-state index in [1.165, 1.54) is 37.8 Å². The van der Waals surface area contributed by atoms with Gasteiger partial charge in [-0.25, -0.2) is 0 Å². The van der Waals surface area contributed by atoms with Crippen molar-refractivity contribution in [3.8, 4) is 0 Å². The molecule has 104 valence electrons. The van der Waals surface area contributed by atoms with Crippen LogP contribution in [0.5, 0.6) is 0 Å². The Kier molecular flexibility index (Phi) is 3.66. The highest BCUT2D eigenvalue weighted by molar-refractivity contribution is 5.19. The lowest BCUT2D eigenvalue weighted by molar-refractivity contribution is 0.245. The minimum atomic E-state index is 0.545. The highest BCUT2D eigenvalue weighted by Crippen LogP contribution is 2.60. The van der Waals surface area contributed by atoms with E-state index in [4.69, 9.17) is 0 Å². The summed E-state index contributed by atoms with van der Waals surface area (Å²) in [6.45, 7) is 6.96. The zero-order chi connectivity index (χ0) is 13.3. The fraction of sp³-hybridized carbons (Fsp3) is 0.667. The molecule has 0 radical (unpaired) electrons. The molecule has 2 fully saturated rings. The van der Waals surface area contributed by atoms with Crippen molar-refractivity contribution >= 4 is 0 Å². The molecule has 2 aliphatic carbocycles. The van der Waals surface area contributed by atoms with Gasteiger partial charge in [0.05, 0.1) is 0 Å². The van der Waals surface area contributed by atoms with E-state index in [0.29, 0.717) is 5.41 Å². The van der Waals surface area contributed by atoms with Crippen molar-refractivity contribution in [1.29, 1.82) is 0 Å². The molecule has 0 bridgehead atoms. The molecule has 0 amide bonds. The van der Waals surface area contributed by atoms with Crippen LogP contribution in [0.2, 0.25) is 0 Å². The number of benzene rings is 1. The molecule has 1 aromatic rings. The highest BCUT2D eigenvalue weighted by Gasteiger charge is 2.53. The molecule has 2 saturated carbocycles. The molecule has 1 heteroatoms. The van der Waals surface area contributed by atoms with Crippen LogP contribution in [0.4, 0.5) is 0 Å². The zero-order valence-electron chi connectivity index (χ0n) is 12.4. The Bertz CT molecular complexity index is 399. The van der Waals surface area contributed by atoms with Gasteiger partial charge < -0.3 is 5.32 Å². The topological polar surface area (TPSA) is 12.0 Å². The van der Waals surface area contributed by atoms with Crippen molar-refractivity contribution in [3.63, 3.8) is 0 Å². The standard InChI is InChI=1S/C18H27N/c1-14(2)12-19-13-18(10-16-8-17(16)11-18)9-15-6-4-3-5-7-15/h3-7,14,16-17,19H,8-13H2,1-2H3. The van der Waals surface area contributed by atoms with E-state index in [1.807, 2.05) is 0 Å². The maximum Gasteiger partial charge on any atom is 0.00113 e. The van der Waals surface area contributed by atoms with Crippen LogP contribution < -0.4 is 5.32 Å². The summed E-state index contributed by atoms with van der Waals surface area (Å²) >= 11 is 0. The largest absolute Gasteiger partial charge is 0.316 e. The molecule has 0 spiro atoms. The summed E-state index contributed by atoms with van der Waals surface area (Å²) in [5.74, 6) is 2.87. The quantitative estimate of drug-likeness (QED) is 0.815. The van der Waals surface area contributed by atoms with Gasteiger partial charge in [-0.1, -0.05) is 44.2 Å². The summed E-state index contributed by atoms with van der Waals surface area (Å²) in [7, 11) is 0. The van der Waals surface area contributed by atoms with Gasteiger partial charge >= 0.3 is 0 Å². The smallest absolute Gasteiger partial charge is 0.00113 e. The van der Waals surface area contributed by atoms with Crippen molar-refractivity contribution in [3.05, 3.63) is 35.9 Å². The van der Waals surface area contributed by atoms with Crippen LogP contribution in [0, 0.1) is 23.2 Å². The molecule has 3 rings (SSSR count). The molecule has 0 aliphatic heterocycles. The van der Waals surface area contributed by atoms with E-state index in [1.54, 1.807) is 0 Å². The van der Waals surface area contributed by atoms with Gasteiger partial charge in [-0.05, 0) is 61.0 Å². The summed E-state index contributed by atoms with van der Waals surface area (Å²) in [4.78, 5) is 0. The molecule has 19 heavy (non-hydrogen) atoms. The fourth-order valence-electron chi connectivity index (χ4n) is 4.01. The number of fused-ring (bicyclic) bond motifs is 1. The average Bonchev–Trinajstić information content (AvgIpc) is 2.98. The monoisotopic (exact) mass is 257 g/mol. The van der Waals surface area contributed by atoms with E-state index < -0.39 is 0 Å². The molecular weight excluding hydrogens is 230 g/mol. The number of nitrogens with one attached hydrogen (secondary N) is 1. The first-order valence-corrected chi connectivity index (χ1v) is 7.91. The minimum Gasteiger partial charge on any atom is -0.316 e. The molecular formula is C18H27N. The molecule has 1 aromatic carbocycles. The van der Waals surface area contributed by atoms with Crippen LogP contribution in [-0.4, -0.2) is 13.1 Å². The van der Waals surface area contributed by atoms with Gasteiger partial charge in [0.15, 0.2) is 0 Å². The van der Waals surface area contributed by atoms with Crippen LogP contribution in [0.15, 0.2) is 30.3 Å². The first kappa shape index (κ1) is 13.2. The summed E-state index contributed by atoms with van der Waals surface area (Å²) < 4.78 is 0. The summed E-state index contributed by atoms with van der Waals surface area (Å²) in [5.41, 5.74) is 2.07. The Morgan fingerprint density at radius 2 is 1.84 bits per heavy atom. The summed E-state index contributed by atoms with van der Waals surface area (Å²) in [6, 6.07) is 11.1. The van der Waals surface area contributed by atoms with E-state index in [0.717, 1.165) is 24.3 Å². The van der Waals surface area contributed by atoms with Gasteiger partial charge in [0.2, 0.25) is 0 Å². The Hall–Kier alpha value is -0.820. The van der Waals surface area contributed by atoms with Crippen LogP contribution in [-0.2, 0) is 6.42 Å². The fourth-order valence-corrected chi connectivity index (χ4v) is 4.01. The van der Waals surface area contributed by atoms with Crippen molar-refractivity contribution in [1.82, 2.24) is 5.32 Å². The zero-order valence-corrected chi connectivity index (χ0v) is 12.4. The Labute approximate surface area is 117 Å². The van der Waals surface area contributed by atoms with Gasteiger partial charge in [-0.2, -0.15) is 0 Å². The second-order valence-electron chi connectivity index (χ2n) is 7.35. The average molecular weight is 257 g/mol. The summed E-state index contributed by atoms with van der Waals surface area (Å²) in [6.07, 6.45) is 5.70. The Morgan fingerprint density at radius 3 is 2.47 bits per heavy atom. The molecule has 2 unspecified atom stereocenters. The Balaban J connectivity index is 1.63. The first-order chi connectivity index (χ1) is 9.17.